The van der Waals surface area contributed by atoms with Crippen LogP contribution in [0.25, 0.3) is 0 Å². The normalized spacial score (nSPS) is 13.7. The number of carbonyl (C=O) groups is 2. The molecule has 0 saturated carbocycles. The van der Waals surface area contributed by atoms with E-state index in [1.807, 2.05) is 0 Å². The van der Waals surface area contributed by atoms with Gasteiger partial charge in [-0.25, -0.2) is 0 Å². The van der Waals surface area contributed by atoms with Gasteiger partial charge in [-0.2, -0.15) is 0 Å². The van der Waals surface area contributed by atoms with Crippen LogP contribution in [0.1, 0.15) is 29.6 Å². The first-order chi connectivity index (χ1) is 9.90. The third-order valence-electron chi connectivity index (χ3n) is 2.65. The number of ketones is 1. The van der Waals surface area contributed by atoms with Gasteiger partial charge in [0.25, 0.3) is 0 Å². The number of hydrogen-bond donors (Lipinski definition) is 1. The average Bonchev–Trinajstić information content (AvgIpc) is 2.38. The van der Waals surface area contributed by atoms with Gasteiger partial charge in [-0.05, 0) is 18.9 Å². The van der Waals surface area contributed by atoms with E-state index in [-0.39, 0.29) is 11.3 Å². The molecule has 0 radical (unpaired) electrons. The molecular formula is C15H18ClNO3Sn. The van der Waals surface area contributed by atoms with Crippen LogP contribution in [0.2, 0.25) is 9.88 Å². The maximum atomic E-state index is 11.2. The summed E-state index contributed by atoms with van der Waals surface area (Å²) < 4.78 is 0. The Kier molecular flexibility index (Phi) is 7.81. The predicted molar refractivity (Wildman–Crippen MR) is 84.7 cm³/mol. The van der Waals surface area contributed by atoms with Crippen LogP contribution >= 0.6 is 8.92 Å². The van der Waals surface area contributed by atoms with Crippen LogP contribution in [0.4, 0.5) is 5.69 Å². The summed E-state index contributed by atoms with van der Waals surface area (Å²) in [7, 11) is 5.47. The number of halogens is 1. The molecule has 0 saturated heterocycles. The SMILES string of the molecule is O=C1C=C(Nc2ccccc2C(=O)[O-])CCC1.[CH3][Sn+]([CH3])[Cl]. The molecule has 0 fully saturated rings. The number of carbonyl (C=O) groups excluding carboxylic acids is 2. The van der Waals surface area contributed by atoms with Crippen LogP contribution in [-0.2, 0) is 4.79 Å². The number of carboxylic acids is 1. The second kappa shape index (κ2) is 9.10. The number of nitrogens with one attached hydrogen (secondary N) is 1. The summed E-state index contributed by atoms with van der Waals surface area (Å²) in [6.07, 6.45) is 3.65. The molecule has 21 heavy (non-hydrogen) atoms. The monoisotopic (exact) mass is 415 g/mol. The van der Waals surface area contributed by atoms with Gasteiger partial charge in [-0.15, -0.1) is 0 Å². The van der Waals surface area contributed by atoms with Gasteiger partial charge in [0, 0.05) is 29.4 Å². The van der Waals surface area contributed by atoms with Crippen molar-refractivity contribution in [1.82, 2.24) is 0 Å². The fourth-order valence-corrected chi connectivity index (χ4v) is 1.83. The Morgan fingerprint density at radius 2 is 1.90 bits per heavy atom. The topological polar surface area (TPSA) is 69.2 Å². The molecule has 4 nitrogen and oxygen atoms in total. The Labute approximate surface area is 135 Å². The second-order valence-electron chi connectivity index (χ2n) is 4.83. The van der Waals surface area contributed by atoms with Crippen molar-refractivity contribution in [2.24, 2.45) is 0 Å². The Bertz CT molecular complexity index is 541. The molecule has 112 valence electrons. The van der Waals surface area contributed by atoms with Gasteiger partial charge >= 0.3 is 37.4 Å². The minimum absolute atomic E-state index is 0.0738. The van der Waals surface area contributed by atoms with Gasteiger partial charge in [0.1, 0.15) is 0 Å². The van der Waals surface area contributed by atoms with Crippen molar-refractivity contribution >= 4 is 45.0 Å². The zero-order valence-corrected chi connectivity index (χ0v) is 15.7. The summed E-state index contributed by atoms with van der Waals surface area (Å²) in [6.45, 7) is 0. The average molecular weight is 414 g/mol. The van der Waals surface area contributed by atoms with Crippen LogP contribution in [0.5, 0.6) is 0 Å². The van der Waals surface area contributed by atoms with Gasteiger partial charge in [-0.1, -0.05) is 18.2 Å². The molecule has 0 unspecified atom stereocenters. The van der Waals surface area contributed by atoms with Crippen molar-refractivity contribution in [3.63, 3.8) is 0 Å². The molecule has 1 N–H and O–H groups in total. The molecule has 0 spiro atoms. The third kappa shape index (κ3) is 7.00. The van der Waals surface area contributed by atoms with Crippen LogP contribution < -0.4 is 10.4 Å². The maximum absolute atomic E-state index is 11.2. The van der Waals surface area contributed by atoms with Gasteiger partial charge in [0.15, 0.2) is 5.78 Å². The number of hydrogen-bond acceptors (Lipinski definition) is 4. The number of carboxylic acid groups (broad SMARTS) is 1. The van der Waals surface area contributed by atoms with Crippen LogP contribution in [0.15, 0.2) is 36.0 Å². The third-order valence-corrected chi connectivity index (χ3v) is 2.65. The number of anilines is 1. The van der Waals surface area contributed by atoms with Crippen molar-refractivity contribution < 1.29 is 14.7 Å². The fourth-order valence-electron chi connectivity index (χ4n) is 1.83. The standard InChI is InChI=1S/C13H13NO3.2CH3.ClH.Sn/c15-10-5-3-4-9(8-10)14-12-7-2-1-6-11(12)13(16)17;;;;/h1-2,6-8,14H,3-5H2,(H,16,17);2*1H3;1H;/q;;;;+2/p-2. The van der Waals surface area contributed by atoms with Crippen molar-refractivity contribution in [3.8, 4) is 0 Å². The van der Waals surface area contributed by atoms with E-state index in [9.17, 15) is 14.7 Å². The summed E-state index contributed by atoms with van der Waals surface area (Å²) in [4.78, 5) is 26.4. The Morgan fingerprint density at radius 1 is 1.29 bits per heavy atom. The zero-order valence-electron chi connectivity index (χ0n) is 12.1. The van der Waals surface area contributed by atoms with Crippen molar-refractivity contribution in [1.29, 1.82) is 0 Å². The molecule has 0 bridgehead atoms. The van der Waals surface area contributed by atoms with Gasteiger partial charge in [0.05, 0.1) is 5.97 Å². The number of rotatable bonds is 3. The molecule has 6 heteroatoms. The summed E-state index contributed by atoms with van der Waals surface area (Å²) in [5.74, 6) is -1.15. The van der Waals surface area contributed by atoms with E-state index in [0.717, 1.165) is 18.5 Å². The summed E-state index contributed by atoms with van der Waals surface area (Å²) in [6, 6.07) is 6.50. The first-order valence-corrected chi connectivity index (χ1v) is 16.0. The molecular weight excluding hydrogens is 396 g/mol. The molecule has 0 amide bonds. The van der Waals surface area contributed by atoms with Gasteiger partial charge in [-0.3, -0.25) is 4.79 Å². The summed E-state index contributed by atoms with van der Waals surface area (Å²) in [5, 5.41) is 13.9. The molecule has 2 rings (SSSR count). The Hall–Kier alpha value is -1.01. The van der Waals surface area contributed by atoms with Crippen molar-refractivity contribution in [2.75, 3.05) is 5.32 Å². The van der Waals surface area contributed by atoms with E-state index in [2.05, 4.69) is 15.2 Å². The van der Waals surface area contributed by atoms with Gasteiger partial charge in [0.2, 0.25) is 0 Å². The number of allylic oxidation sites excluding steroid dienone is 2. The first kappa shape index (κ1) is 18.0. The fraction of sp³-hybridized carbons (Fsp3) is 0.333. The molecule has 0 atom stereocenters. The molecule has 0 aromatic heterocycles. The van der Waals surface area contributed by atoms with E-state index in [1.165, 1.54) is 12.1 Å². The predicted octanol–water partition coefficient (Wildman–Crippen LogP) is 2.58. The zero-order chi connectivity index (χ0) is 15.8. The molecule has 1 aromatic rings. The molecule has 1 aliphatic carbocycles. The summed E-state index contributed by atoms with van der Waals surface area (Å²) in [5.41, 5.74) is 1.33. The van der Waals surface area contributed by atoms with Crippen molar-refractivity contribution in [2.45, 2.75) is 29.1 Å². The van der Waals surface area contributed by atoms with Crippen LogP contribution in [0, 0.1) is 0 Å². The molecule has 0 aliphatic heterocycles. The minimum atomic E-state index is -1.23. The van der Waals surface area contributed by atoms with Gasteiger partial charge < -0.3 is 15.2 Å². The molecule has 1 aromatic carbocycles. The Balaban J connectivity index is 0.000000491. The first-order valence-electron chi connectivity index (χ1n) is 6.66. The van der Waals surface area contributed by atoms with Crippen molar-refractivity contribution in [3.05, 3.63) is 41.6 Å². The number of para-hydroxylation sites is 1. The van der Waals surface area contributed by atoms with E-state index >= 15 is 0 Å². The van der Waals surface area contributed by atoms with E-state index in [0.29, 0.717) is 12.1 Å². The second-order valence-corrected chi connectivity index (χ2v) is 14.9. The summed E-state index contributed by atoms with van der Waals surface area (Å²) >= 11 is -1.07. The van der Waals surface area contributed by atoms with E-state index in [1.54, 1.807) is 18.2 Å². The van der Waals surface area contributed by atoms with E-state index < -0.39 is 24.6 Å². The quantitative estimate of drug-likeness (QED) is 0.772. The molecule has 1 aliphatic rings. The number of aromatic carboxylic acids is 1. The Morgan fingerprint density at radius 3 is 2.48 bits per heavy atom. The van der Waals surface area contributed by atoms with E-state index in [4.69, 9.17) is 8.92 Å². The molecule has 0 heterocycles. The number of benzene rings is 1. The van der Waals surface area contributed by atoms with Crippen LogP contribution in [0.3, 0.4) is 0 Å². The van der Waals surface area contributed by atoms with Crippen LogP contribution in [-0.4, -0.2) is 30.4 Å².